The molecule has 22 heavy (non-hydrogen) atoms. The zero-order valence-corrected chi connectivity index (χ0v) is 13.2. The van der Waals surface area contributed by atoms with Crippen molar-refractivity contribution >= 4 is 17.3 Å². The standard InChI is InChI=1S/C16H16N2O3S/c1-11-15(22-10-18-11)6-7-20-16(19)12(2)21-14-5-3-4-13(8-14)9-17/h3-5,8,10,12H,6-7H2,1-2H3. The lowest BCUT2D eigenvalue weighted by Gasteiger charge is -2.14. The van der Waals surface area contributed by atoms with Crippen LogP contribution in [0.3, 0.4) is 0 Å². The molecular formula is C16H16N2O3S. The molecule has 6 heteroatoms. The summed E-state index contributed by atoms with van der Waals surface area (Å²) in [6.07, 6.45) is -0.0738. The highest BCUT2D eigenvalue weighted by Gasteiger charge is 2.16. The lowest BCUT2D eigenvalue weighted by molar-refractivity contribution is -0.150. The number of carbonyl (C=O) groups excluding carboxylic acids is 1. The molecule has 0 spiro atoms. The van der Waals surface area contributed by atoms with Crippen LogP contribution in [0.15, 0.2) is 29.8 Å². The SMILES string of the molecule is Cc1ncsc1CCOC(=O)C(C)Oc1cccc(C#N)c1. The summed E-state index contributed by atoms with van der Waals surface area (Å²) in [5.41, 5.74) is 3.23. The van der Waals surface area contributed by atoms with Gasteiger partial charge in [-0.3, -0.25) is 0 Å². The van der Waals surface area contributed by atoms with E-state index in [0.29, 0.717) is 24.3 Å². The third-order valence-electron chi connectivity index (χ3n) is 3.03. The van der Waals surface area contributed by atoms with Crippen LogP contribution in [0.4, 0.5) is 0 Å². The number of aryl methyl sites for hydroxylation is 1. The number of nitrogens with zero attached hydrogens (tertiary/aromatic N) is 2. The maximum atomic E-state index is 11.9. The van der Waals surface area contributed by atoms with Crippen LogP contribution in [-0.4, -0.2) is 23.7 Å². The number of thiazole rings is 1. The number of aromatic nitrogens is 1. The Bertz CT molecular complexity index is 691. The predicted octanol–water partition coefficient (Wildman–Crippen LogP) is 2.88. The van der Waals surface area contributed by atoms with Gasteiger partial charge in [0, 0.05) is 11.3 Å². The molecule has 0 saturated heterocycles. The first-order chi connectivity index (χ1) is 10.6. The van der Waals surface area contributed by atoms with Gasteiger partial charge in [-0.1, -0.05) is 6.07 Å². The van der Waals surface area contributed by atoms with Crippen molar-refractivity contribution in [3.05, 3.63) is 45.9 Å². The van der Waals surface area contributed by atoms with Gasteiger partial charge in [-0.15, -0.1) is 11.3 Å². The van der Waals surface area contributed by atoms with E-state index in [9.17, 15) is 4.79 Å². The Kier molecular flexibility index (Phi) is 5.50. The fourth-order valence-electron chi connectivity index (χ4n) is 1.82. The first-order valence-electron chi connectivity index (χ1n) is 6.82. The summed E-state index contributed by atoms with van der Waals surface area (Å²) in [4.78, 5) is 17.2. The molecule has 1 aromatic carbocycles. The van der Waals surface area contributed by atoms with Crippen molar-refractivity contribution in [3.63, 3.8) is 0 Å². The normalized spacial score (nSPS) is 11.5. The van der Waals surface area contributed by atoms with Crippen molar-refractivity contribution in [2.75, 3.05) is 6.61 Å². The van der Waals surface area contributed by atoms with Crippen LogP contribution in [0, 0.1) is 18.3 Å². The highest BCUT2D eigenvalue weighted by atomic mass is 32.1. The van der Waals surface area contributed by atoms with Crippen molar-refractivity contribution in [3.8, 4) is 11.8 Å². The molecule has 1 atom stereocenters. The van der Waals surface area contributed by atoms with E-state index in [2.05, 4.69) is 4.98 Å². The van der Waals surface area contributed by atoms with Crippen LogP contribution in [0.5, 0.6) is 5.75 Å². The molecule has 0 bridgehead atoms. The molecule has 0 aliphatic carbocycles. The number of hydrogen-bond donors (Lipinski definition) is 0. The van der Waals surface area contributed by atoms with Crippen LogP contribution in [-0.2, 0) is 16.0 Å². The summed E-state index contributed by atoms with van der Waals surface area (Å²) in [6.45, 7) is 3.86. The number of ether oxygens (including phenoxy) is 2. The van der Waals surface area contributed by atoms with Crippen molar-refractivity contribution in [2.45, 2.75) is 26.4 Å². The van der Waals surface area contributed by atoms with E-state index in [1.54, 1.807) is 48.0 Å². The molecule has 0 fully saturated rings. The average Bonchev–Trinajstić information content (AvgIpc) is 2.92. The summed E-state index contributed by atoms with van der Waals surface area (Å²) >= 11 is 1.55. The number of esters is 1. The lowest BCUT2D eigenvalue weighted by Crippen LogP contribution is -2.26. The van der Waals surface area contributed by atoms with Gasteiger partial charge in [0.2, 0.25) is 0 Å². The smallest absolute Gasteiger partial charge is 0.347 e. The van der Waals surface area contributed by atoms with Crippen molar-refractivity contribution < 1.29 is 14.3 Å². The highest BCUT2D eigenvalue weighted by molar-refractivity contribution is 7.09. The molecule has 0 amide bonds. The van der Waals surface area contributed by atoms with Gasteiger partial charge >= 0.3 is 5.97 Å². The number of carbonyl (C=O) groups is 1. The van der Waals surface area contributed by atoms with Crippen LogP contribution in [0.1, 0.15) is 23.1 Å². The predicted molar refractivity (Wildman–Crippen MR) is 82.8 cm³/mol. The van der Waals surface area contributed by atoms with E-state index in [-0.39, 0.29) is 0 Å². The zero-order chi connectivity index (χ0) is 15.9. The fraction of sp³-hybridized carbons (Fsp3) is 0.312. The molecule has 2 aromatic rings. The van der Waals surface area contributed by atoms with E-state index in [1.807, 2.05) is 13.0 Å². The average molecular weight is 316 g/mol. The summed E-state index contributed by atoms with van der Waals surface area (Å²) in [5.74, 6) is 0.0475. The largest absolute Gasteiger partial charge is 0.479 e. The Balaban J connectivity index is 1.82. The maximum absolute atomic E-state index is 11.9. The summed E-state index contributed by atoms with van der Waals surface area (Å²) in [7, 11) is 0. The lowest BCUT2D eigenvalue weighted by atomic mass is 10.2. The third kappa shape index (κ3) is 4.30. The van der Waals surface area contributed by atoms with Gasteiger partial charge in [-0.25, -0.2) is 9.78 Å². The van der Waals surface area contributed by atoms with Crippen LogP contribution < -0.4 is 4.74 Å². The monoisotopic (exact) mass is 316 g/mol. The van der Waals surface area contributed by atoms with Crippen LogP contribution in [0.25, 0.3) is 0 Å². The second kappa shape index (κ2) is 7.57. The molecule has 0 radical (unpaired) electrons. The number of nitriles is 1. The fourth-order valence-corrected chi connectivity index (χ4v) is 2.58. The van der Waals surface area contributed by atoms with Gasteiger partial charge in [-0.05, 0) is 32.0 Å². The Hall–Kier alpha value is -2.39. The molecule has 0 saturated carbocycles. The van der Waals surface area contributed by atoms with E-state index < -0.39 is 12.1 Å². The summed E-state index contributed by atoms with van der Waals surface area (Å²) in [5, 5.41) is 8.83. The van der Waals surface area contributed by atoms with Gasteiger partial charge in [0.1, 0.15) is 5.75 Å². The van der Waals surface area contributed by atoms with E-state index in [4.69, 9.17) is 14.7 Å². The van der Waals surface area contributed by atoms with Gasteiger partial charge in [0.25, 0.3) is 0 Å². The molecule has 0 aliphatic rings. The van der Waals surface area contributed by atoms with Gasteiger partial charge in [0.15, 0.2) is 6.10 Å². The molecule has 1 heterocycles. The minimum atomic E-state index is -0.725. The summed E-state index contributed by atoms with van der Waals surface area (Å²) in [6, 6.07) is 8.69. The molecule has 1 unspecified atom stereocenters. The molecular weight excluding hydrogens is 300 g/mol. The Morgan fingerprint density at radius 3 is 3.00 bits per heavy atom. The van der Waals surface area contributed by atoms with Crippen LogP contribution >= 0.6 is 11.3 Å². The second-order valence-corrected chi connectivity index (χ2v) is 5.62. The third-order valence-corrected chi connectivity index (χ3v) is 4.02. The summed E-state index contributed by atoms with van der Waals surface area (Å²) < 4.78 is 10.7. The number of rotatable bonds is 6. The van der Waals surface area contributed by atoms with E-state index in [1.165, 1.54) is 0 Å². The number of benzene rings is 1. The van der Waals surface area contributed by atoms with Crippen LogP contribution in [0.2, 0.25) is 0 Å². The maximum Gasteiger partial charge on any atom is 0.347 e. The highest BCUT2D eigenvalue weighted by Crippen LogP contribution is 2.15. The van der Waals surface area contributed by atoms with Gasteiger partial charge < -0.3 is 9.47 Å². The quantitative estimate of drug-likeness (QED) is 0.766. The second-order valence-electron chi connectivity index (χ2n) is 4.68. The molecule has 2 rings (SSSR count). The Morgan fingerprint density at radius 2 is 2.32 bits per heavy atom. The number of hydrogen-bond acceptors (Lipinski definition) is 6. The molecule has 0 N–H and O–H groups in total. The first-order valence-corrected chi connectivity index (χ1v) is 7.70. The van der Waals surface area contributed by atoms with Crippen molar-refractivity contribution in [2.24, 2.45) is 0 Å². The molecule has 114 valence electrons. The minimum absolute atomic E-state index is 0.299. The topological polar surface area (TPSA) is 72.2 Å². The first kappa shape index (κ1) is 16.0. The van der Waals surface area contributed by atoms with Crippen molar-refractivity contribution in [1.82, 2.24) is 4.98 Å². The van der Waals surface area contributed by atoms with E-state index in [0.717, 1.165) is 10.6 Å². The van der Waals surface area contributed by atoms with Gasteiger partial charge in [0.05, 0.1) is 29.4 Å². The molecule has 0 aliphatic heterocycles. The van der Waals surface area contributed by atoms with Crippen molar-refractivity contribution in [1.29, 1.82) is 5.26 Å². The molecule has 1 aromatic heterocycles. The Morgan fingerprint density at radius 1 is 1.50 bits per heavy atom. The zero-order valence-electron chi connectivity index (χ0n) is 12.4. The minimum Gasteiger partial charge on any atom is -0.479 e. The Labute approximate surface area is 133 Å². The molecule has 5 nitrogen and oxygen atoms in total. The van der Waals surface area contributed by atoms with Gasteiger partial charge in [-0.2, -0.15) is 5.26 Å². The van der Waals surface area contributed by atoms with E-state index >= 15 is 0 Å².